The SMILES string of the molecule is CC(C)=CCCC(C)=CCc1c(O)cc(-c2cc3ccc(O)cc3o2)c(CC=C(C)C)c1O. The van der Waals surface area contributed by atoms with Gasteiger partial charge in [-0.2, -0.15) is 0 Å². The molecule has 0 bridgehead atoms. The number of furan rings is 1. The van der Waals surface area contributed by atoms with Crippen molar-refractivity contribution in [3.8, 4) is 28.6 Å². The van der Waals surface area contributed by atoms with Crippen LogP contribution in [0.2, 0.25) is 0 Å². The minimum atomic E-state index is 0.0418. The van der Waals surface area contributed by atoms with Gasteiger partial charge >= 0.3 is 0 Å². The van der Waals surface area contributed by atoms with Crippen LogP contribution in [0.4, 0.5) is 0 Å². The van der Waals surface area contributed by atoms with Gasteiger partial charge in [0.25, 0.3) is 0 Å². The molecule has 3 N–H and O–H groups in total. The lowest BCUT2D eigenvalue weighted by molar-refractivity contribution is 0.437. The van der Waals surface area contributed by atoms with Gasteiger partial charge in [0.1, 0.15) is 28.6 Å². The molecule has 0 aliphatic carbocycles. The average Bonchev–Trinajstić information content (AvgIpc) is 3.15. The van der Waals surface area contributed by atoms with E-state index in [0.717, 1.165) is 23.8 Å². The highest BCUT2D eigenvalue weighted by molar-refractivity contribution is 5.85. The Morgan fingerprint density at radius 1 is 0.818 bits per heavy atom. The molecule has 0 fully saturated rings. The second kappa shape index (κ2) is 10.5. The number of rotatable bonds is 8. The Balaban J connectivity index is 2.02. The maximum Gasteiger partial charge on any atom is 0.138 e. The molecule has 0 unspecified atom stereocenters. The molecule has 4 nitrogen and oxygen atoms in total. The highest BCUT2D eigenvalue weighted by Gasteiger charge is 2.20. The molecule has 3 rings (SSSR count). The first kappa shape index (κ1) is 24.2. The minimum absolute atomic E-state index is 0.0418. The third-order valence-electron chi connectivity index (χ3n) is 5.72. The molecular weight excluding hydrogens is 412 g/mol. The van der Waals surface area contributed by atoms with Gasteiger partial charge in [-0.05, 0) is 84.6 Å². The van der Waals surface area contributed by atoms with Crippen molar-refractivity contribution < 1.29 is 19.7 Å². The summed E-state index contributed by atoms with van der Waals surface area (Å²) in [6.45, 7) is 10.3. The maximum atomic E-state index is 11.2. The van der Waals surface area contributed by atoms with Crippen LogP contribution in [-0.2, 0) is 12.8 Å². The van der Waals surface area contributed by atoms with Crippen molar-refractivity contribution in [2.24, 2.45) is 0 Å². The number of fused-ring (bicyclic) bond motifs is 1. The van der Waals surface area contributed by atoms with Crippen LogP contribution in [-0.4, -0.2) is 15.3 Å². The van der Waals surface area contributed by atoms with E-state index in [2.05, 4.69) is 32.9 Å². The summed E-state index contributed by atoms with van der Waals surface area (Å²) in [5.74, 6) is 0.804. The molecule has 1 aromatic heterocycles. The van der Waals surface area contributed by atoms with Crippen LogP contribution < -0.4 is 0 Å². The summed E-state index contributed by atoms with van der Waals surface area (Å²) in [5, 5.41) is 32.6. The van der Waals surface area contributed by atoms with E-state index in [-0.39, 0.29) is 17.2 Å². The van der Waals surface area contributed by atoms with Crippen LogP contribution >= 0.6 is 0 Å². The first-order valence-electron chi connectivity index (χ1n) is 11.4. The molecule has 3 aromatic rings. The first-order valence-corrected chi connectivity index (χ1v) is 11.4. The van der Waals surface area contributed by atoms with Gasteiger partial charge in [0.2, 0.25) is 0 Å². The van der Waals surface area contributed by atoms with E-state index >= 15 is 0 Å². The molecule has 0 atom stereocenters. The Kier molecular flexibility index (Phi) is 7.70. The molecule has 2 aromatic carbocycles. The number of phenols is 3. The topological polar surface area (TPSA) is 73.8 Å². The van der Waals surface area contributed by atoms with E-state index in [4.69, 9.17) is 4.42 Å². The normalized spacial score (nSPS) is 11.6. The van der Waals surface area contributed by atoms with E-state index in [1.54, 1.807) is 24.3 Å². The van der Waals surface area contributed by atoms with E-state index in [1.807, 2.05) is 26.0 Å². The van der Waals surface area contributed by atoms with Crippen molar-refractivity contribution in [2.75, 3.05) is 0 Å². The number of hydrogen-bond acceptors (Lipinski definition) is 4. The molecule has 0 saturated heterocycles. The largest absolute Gasteiger partial charge is 0.508 e. The number of phenolic OH excluding ortho intramolecular Hbond substituents is 3. The van der Waals surface area contributed by atoms with E-state index in [1.165, 1.54) is 11.1 Å². The summed E-state index contributed by atoms with van der Waals surface area (Å²) in [5.41, 5.74) is 6.09. The smallest absolute Gasteiger partial charge is 0.138 e. The fourth-order valence-corrected chi connectivity index (χ4v) is 3.80. The van der Waals surface area contributed by atoms with E-state index in [9.17, 15) is 15.3 Å². The van der Waals surface area contributed by atoms with E-state index < -0.39 is 0 Å². The molecule has 4 heteroatoms. The van der Waals surface area contributed by atoms with Crippen molar-refractivity contribution in [1.82, 2.24) is 0 Å². The fraction of sp³-hybridized carbons (Fsp3) is 0.310. The van der Waals surface area contributed by atoms with Crippen LogP contribution in [0.25, 0.3) is 22.3 Å². The Hall–Kier alpha value is -3.40. The predicted molar refractivity (Wildman–Crippen MR) is 136 cm³/mol. The van der Waals surface area contributed by atoms with Crippen molar-refractivity contribution in [1.29, 1.82) is 0 Å². The molecule has 0 radical (unpaired) electrons. The summed E-state index contributed by atoms with van der Waals surface area (Å²) < 4.78 is 5.97. The molecule has 0 amide bonds. The quantitative estimate of drug-likeness (QED) is 0.307. The Labute approximate surface area is 196 Å². The standard InChI is InChI=1S/C29H34O4/c1-18(2)7-6-8-20(5)10-14-24-26(31)17-25(23(29(24)32)13-9-19(3)4)28-15-21-11-12-22(30)16-27(21)33-28/h7,9-12,15-17,30-32H,6,8,13-14H2,1-5H3. The summed E-state index contributed by atoms with van der Waals surface area (Å²) in [4.78, 5) is 0. The second-order valence-corrected chi connectivity index (χ2v) is 9.14. The summed E-state index contributed by atoms with van der Waals surface area (Å²) >= 11 is 0. The Bertz CT molecular complexity index is 1230. The molecule has 174 valence electrons. The van der Waals surface area contributed by atoms with E-state index in [0.29, 0.717) is 40.9 Å². The number of allylic oxidation sites excluding steroid dienone is 6. The number of aromatic hydroxyl groups is 3. The van der Waals surface area contributed by atoms with Crippen LogP contribution in [0.3, 0.4) is 0 Å². The minimum Gasteiger partial charge on any atom is -0.508 e. The van der Waals surface area contributed by atoms with Crippen LogP contribution in [0.1, 0.15) is 58.6 Å². The molecule has 0 spiro atoms. The third-order valence-corrected chi connectivity index (χ3v) is 5.72. The third kappa shape index (κ3) is 6.10. The predicted octanol–water partition coefficient (Wildman–Crippen LogP) is 7.96. The summed E-state index contributed by atoms with van der Waals surface area (Å²) in [6.07, 6.45) is 9.23. The van der Waals surface area contributed by atoms with Crippen molar-refractivity contribution >= 4 is 11.0 Å². The molecule has 0 aliphatic rings. The zero-order chi connectivity index (χ0) is 24.1. The lowest BCUT2D eigenvalue weighted by atomic mass is 9.94. The zero-order valence-electron chi connectivity index (χ0n) is 20.2. The van der Waals surface area contributed by atoms with Gasteiger partial charge in [-0.3, -0.25) is 0 Å². The van der Waals surface area contributed by atoms with Gasteiger partial charge in [0.05, 0.1) is 0 Å². The summed E-state index contributed by atoms with van der Waals surface area (Å²) in [7, 11) is 0. The van der Waals surface area contributed by atoms with Crippen molar-refractivity contribution in [3.63, 3.8) is 0 Å². The lowest BCUT2D eigenvalue weighted by Crippen LogP contribution is -1.95. The van der Waals surface area contributed by atoms with Gasteiger partial charge in [0.15, 0.2) is 0 Å². The van der Waals surface area contributed by atoms with Gasteiger partial charge in [-0.1, -0.05) is 34.9 Å². The molecule has 33 heavy (non-hydrogen) atoms. The van der Waals surface area contributed by atoms with Crippen LogP contribution in [0.15, 0.2) is 69.7 Å². The fourth-order valence-electron chi connectivity index (χ4n) is 3.80. The van der Waals surface area contributed by atoms with Crippen LogP contribution in [0, 0.1) is 0 Å². The summed E-state index contributed by atoms with van der Waals surface area (Å²) in [6, 6.07) is 8.49. The van der Waals surface area contributed by atoms with Gasteiger partial charge in [-0.25, -0.2) is 0 Å². The number of benzene rings is 2. The van der Waals surface area contributed by atoms with Gasteiger partial charge < -0.3 is 19.7 Å². The van der Waals surface area contributed by atoms with Gasteiger partial charge in [-0.15, -0.1) is 0 Å². The number of hydrogen-bond donors (Lipinski definition) is 3. The second-order valence-electron chi connectivity index (χ2n) is 9.14. The van der Waals surface area contributed by atoms with Crippen molar-refractivity contribution in [2.45, 2.75) is 60.3 Å². The van der Waals surface area contributed by atoms with Crippen molar-refractivity contribution in [3.05, 3.63) is 76.4 Å². The first-order chi connectivity index (χ1) is 15.7. The molecular formula is C29H34O4. The average molecular weight is 447 g/mol. The zero-order valence-corrected chi connectivity index (χ0v) is 20.2. The molecule has 0 aliphatic heterocycles. The highest BCUT2D eigenvalue weighted by Crippen LogP contribution is 2.41. The Morgan fingerprint density at radius 2 is 1.52 bits per heavy atom. The maximum absolute atomic E-state index is 11.2. The Morgan fingerprint density at radius 3 is 2.21 bits per heavy atom. The highest BCUT2D eigenvalue weighted by atomic mass is 16.3. The van der Waals surface area contributed by atoms with Gasteiger partial charge in [0, 0.05) is 28.1 Å². The monoisotopic (exact) mass is 446 g/mol. The molecule has 0 saturated carbocycles. The van der Waals surface area contributed by atoms with Crippen LogP contribution in [0.5, 0.6) is 17.2 Å². The lowest BCUT2D eigenvalue weighted by Gasteiger charge is -2.15. The molecule has 1 heterocycles.